The molecular weight excluding hydrogens is 260 g/mol. The molecule has 2 aromatic carbocycles. The summed E-state index contributed by atoms with van der Waals surface area (Å²) in [6.45, 7) is 3.16. The van der Waals surface area contributed by atoms with Gasteiger partial charge in [-0.3, -0.25) is 5.43 Å². The minimum Gasteiger partial charge on any atom is -0.457 e. The molecule has 1 aliphatic heterocycles. The van der Waals surface area contributed by atoms with Gasteiger partial charge in [-0.25, -0.2) is 5.01 Å². The van der Waals surface area contributed by atoms with Gasteiger partial charge in [-0.05, 0) is 42.7 Å². The number of hydrazine groups is 1. The van der Waals surface area contributed by atoms with E-state index in [2.05, 4.69) is 22.6 Å². The van der Waals surface area contributed by atoms with Crippen molar-refractivity contribution in [2.75, 3.05) is 13.1 Å². The molecule has 0 aromatic heterocycles. The van der Waals surface area contributed by atoms with Crippen LogP contribution in [0.1, 0.15) is 24.8 Å². The number of hydrogen-bond acceptors (Lipinski definition) is 3. The van der Waals surface area contributed by atoms with Crippen LogP contribution in [0.25, 0.3) is 0 Å². The van der Waals surface area contributed by atoms with Crippen LogP contribution in [0.15, 0.2) is 54.6 Å². The van der Waals surface area contributed by atoms with Crippen LogP contribution in [-0.2, 0) is 6.54 Å². The second kappa shape index (κ2) is 7.25. The molecule has 21 heavy (non-hydrogen) atoms. The highest BCUT2D eigenvalue weighted by atomic mass is 16.5. The molecule has 3 nitrogen and oxygen atoms in total. The van der Waals surface area contributed by atoms with Gasteiger partial charge in [0.15, 0.2) is 0 Å². The average Bonchev–Trinajstić information content (AvgIpc) is 2.55. The average molecular weight is 282 g/mol. The third-order valence-electron chi connectivity index (χ3n) is 3.74. The molecule has 0 saturated carbocycles. The lowest BCUT2D eigenvalue weighted by Crippen LogP contribution is -2.41. The summed E-state index contributed by atoms with van der Waals surface area (Å²) >= 11 is 0. The van der Waals surface area contributed by atoms with E-state index in [4.69, 9.17) is 4.74 Å². The summed E-state index contributed by atoms with van der Waals surface area (Å²) in [6, 6.07) is 18.2. The summed E-state index contributed by atoms with van der Waals surface area (Å²) < 4.78 is 5.87. The highest BCUT2D eigenvalue weighted by Gasteiger charge is 2.09. The zero-order valence-corrected chi connectivity index (χ0v) is 12.3. The molecule has 0 atom stereocenters. The van der Waals surface area contributed by atoms with Crippen molar-refractivity contribution in [3.63, 3.8) is 0 Å². The Morgan fingerprint density at radius 2 is 1.62 bits per heavy atom. The molecular formula is C18H22N2O. The first-order chi connectivity index (χ1) is 10.4. The molecule has 0 unspecified atom stereocenters. The van der Waals surface area contributed by atoms with Gasteiger partial charge in [0.1, 0.15) is 11.5 Å². The number of hydrogen-bond donors (Lipinski definition) is 1. The maximum absolute atomic E-state index is 5.87. The van der Waals surface area contributed by atoms with Crippen LogP contribution in [0.2, 0.25) is 0 Å². The SMILES string of the molecule is c1ccc(Oc2cccc(CNN3CCCCC3)c2)cc1. The lowest BCUT2D eigenvalue weighted by Gasteiger charge is -2.27. The van der Waals surface area contributed by atoms with E-state index in [1.807, 2.05) is 42.5 Å². The molecule has 0 radical (unpaired) electrons. The molecule has 2 aromatic rings. The molecule has 1 heterocycles. The molecule has 3 heteroatoms. The summed E-state index contributed by atoms with van der Waals surface area (Å²) in [5.74, 6) is 1.76. The van der Waals surface area contributed by atoms with Crippen LogP contribution in [-0.4, -0.2) is 18.1 Å². The van der Waals surface area contributed by atoms with E-state index in [9.17, 15) is 0 Å². The van der Waals surface area contributed by atoms with Gasteiger partial charge in [0.05, 0.1) is 0 Å². The Balaban J connectivity index is 1.57. The molecule has 1 aliphatic rings. The predicted molar refractivity (Wildman–Crippen MR) is 85.2 cm³/mol. The summed E-state index contributed by atoms with van der Waals surface area (Å²) in [5, 5.41) is 2.33. The number of nitrogens with one attached hydrogen (secondary N) is 1. The van der Waals surface area contributed by atoms with Gasteiger partial charge in [0, 0.05) is 19.6 Å². The fourth-order valence-corrected chi connectivity index (χ4v) is 2.60. The Bertz CT molecular complexity index is 550. The molecule has 3 rings (SSSR count). The van der Waals surface area contributed by atoms with E-state index in [1.54, 1.807) is 0 Å². The van der Waals surface area contributed by atoms with Crippen molar-refractivity contribution in [3.8, 4) is 11.5 Å². The number of para-hydroxylation sites is 1. The van der Waals surface area contributed by atoms with E-state index >= 15 is 0 Å². The van der Waals surface area contributed by atoms with Crippen LogP contribution in [0.4, 0.5) is 0 Å². The van der Waals surface area contributed by atoms with Crippen molar-refractivity contribution in [1.82, 2.24) is 10.4 Å². The van der Waals surface area contributed by atoms with E-state index in [0.29, 0.717) is 0 Å². The second-order valence-electron chi connectivity index (χ2n) is 5.45. The van der Waals surface area contributed by atoms with Gasteiger partial charge in [0.25, 0.3) is 0 Å². The van der Waals surface area contributed by atoms with Gasteiger partial charge in [-0.1, -0.05) is 36.8 Å². The summed E-state index contributed by atoms with van der Waals surface area (Å²) in [4.78, 5) is 0. The van der Waals surface area contributed by atoms with Crippen molar-refractivity contribution in [1.29, 1.82) is 0 Å². The first-order valence-electron chi connectivity index (χ1n) is 7.70. The first-order valence-corrected chi connectivity index (χ1v) is 7.70. The van der Waals surface area contributed by atoms with Crippen molar-refractivity contribution < 1.29 is 4.74 Å². The van der Waals surface area contributed by atoms with Gasteiger partial charge in [-0.2, -0.15) is 0 Å². The van der Waals surface area contributed by atoms with Crippen LogP contribution in [0.5, 0.6) is 11.5 Å². The number of nitrogens with zero attached hydrogens (tertiary/aromatic N) is 1. The third-order valence-corrected chi connectivity index (χ3v) is 3.74. The predicted octanol–water partition coefficient (Wildman–Crippen LogP) is 3.97. The van der Waals surface area contributed by atoms with Gasteiger partial charge in [0.2, 0.25) is 0 Å². The highest BCUT2D eigenvalue weighted by molar-refractivity contribution is 5.33. The zero-order valence-electron chi connectivity index (χ0n) is 12.3. The van der Waals surface area contributed by atoms with Crippen LogP contribution >= 0.6 is 0 Å². The Labute approximate surface area is 126 Å². The molecule has 1 fully saturated rings. The Kier molecular flexibility index (Phi) is 4.87. The number of ether oxygens (including phenoxy) is 1. The fourth-order valence-electron chi connectivity index (χ4n) is 2.60. The Morgan fingerprint density at radius 1 is 0.857 bits per heavy atom. The molecule has 0 spiro atoms. The number of piperidine rings is 1. The summed E-state index contributed by atoms with van der Waals surface area (Å²) in [7, 11) is 0. The van der Waals surface area contributed by atoms with Gasteiger partial charge >= 0.3 is 0 Å². The van der Waals surface area contributed by atoms with Crippen molar-refractivity contribution in [2.24, 2.45) is 0 Å². The largest absolute Gasteiger partial charge is 0.457 e. The van der Waals surface area contributed by atoms with Gasteiger partial charge in [-0.15, -0.1) is 0 Å². The third kappa shape index (κ3) is 4.31. The monoisotopic (exact) mass is 282 g/mol. The van der Waals surface area contributed by atoms with E-state index in [1.165, 1.54) is 24.8 Å². The van der Waals surface area contributed by atoms with Crippen molar-refractivity contribution in [3.05, 3.63) is 60.2 Å². The number of rotatable bonds is 5. The van der Waals surface area contributed by atoms with Crippen molar-refractivity contribution in [2.45, 2.75) is 25.8 Å². The van der Waals surface area contributed by atoms with E-state index in [0.717, 1.165) is 31.1 Å². The topological polar surface area (TPSA) is 24.5 Å². The molecule has 0 bridgehead atoms. The van der Waals surface area contributed by atoms with Crippen LogP contribution < -0.4 is 10.2 Å². The Hall–Kier alpha value is -1.84. The van der Waals surface area contributed by atoms with Crippen LogP contribution in [0.3, 0.4) is 0 Å². The normalized spacial score (nSPS) is 15.8. The minimum atomic E-state index is 0.853. The fraction of sp³-hybridized carbons (Fsp3) is 0.333. The van der Waals surface area contributed by atoms with Crippen LogP contribution in [0, 0.1) is 0 Å². The lowest BCUT2D eigenvalue weighted by molar-refractivity contribution is 0.151. The van der Waals surface area contributed by atoms with Gasteiger partial charge < -0.3 is 4.74 Å². The summed E-state index contributed by atoms with van der Waals surface area (Å²) in [5.41, 5.74) is 4.75. The first kappa shape index (κ1) is 14.1. The second-order valence-corrected chi connectivity index (χ2v) is 5.45. The molecule has 110 valence electrons. The maximum Gasteiger partial charge on any atom is 0.127 e. The standard InChI is InChI=1S/C18H22N2O/c1-3-9-17(10-4-1)21-18-11-7-8-16(14-18)15-19-20-12-5-2-6-13-20/h1,3-4,7-11,14,19H,2,5-6,12-13,15H2. The Morgan fingerprint density at radius 3 is 2.43 bits per heavy atom. The number of benzene rings is 2. The summed E-state index contributed by atoms with van der Waals surface area (Å²) in [6.07, 6.45) is 3.95. The maximum atomic E-state index is 5.87. The quantitative estimate of drug-likeness (QED) is 0.898. The molecule has 1 saturated heterocycles. The van der Waals surface area contributed by atoms with Crippen molar-refractivity contribution >= 4 is 0 Å². The van der Waals surface area contributed by atoms with E-state index in [-0.39, 0.29) is 0 Å². The van der Waals surface area contributed by atoms with E-state index < -0.39 is 0 Å². The molecule has 0 amide bonds. The zero-order chi connectivity index (χ0) is 14.3. The lowest BCUT2D eigenvalue weighted by atomic mass is 10.1. The smallest absolute Gasteiger partial charge is 0.127 e. The molecule has 1 N–H and O–H groups in total. The molecule has 0 aliphatic carbocycles. The minimum absolute atomic E-state index is 0.853. The highest BCUT2D eigenvalue weighted by Crippen LogP contribution is 2.21.